The first-order chi connectivity index (χ1) is 15.9. The lowest BCUT2D eigenvalue weighted by atomic mass is 10.0. The topological polar surface area (TPSA) is 55.4 Å². The van der Waals surface area contributed by atoms with Crippen LogP contribution in [0.5, 0.6) is 11.5 Å². The molecule has 0 amide bonds. The number of rotatable bonds is 9. The van der Waals surface area contributed by atoms with Gasteiger partial charge < -0.3 is 28.4 Å². The van der Waals surface area contributed by atoms with Crippen LogP contribution in [-0.4, -0.2) is 66.1 Å². The van der Waals surface area contributed by atoms with Crippen LogP contribution in [0.4, 0.5) is 0 Å². The molecule has 0 spiro atoms. The lowest BCUT2D eigenvalue weighted by Crippen LogP contribution is -2.16. The molecule has 0 bridgehead atoms. The van der Waals surface area contributed by atoms with Crippen LogP contribution in [0, 0.1) is 0 Å². The highest BCUT2D eigenvalue weighted by atomic mass is 16.6. The van der Waals surface area contributed by atoms with Crippen molar-refractivity contribution >= 4 is 0 Å². The Hall–Kier alpha value is -1.34. The zero-order chi connectivity index (χ0) is 22.5. The summed E-state index contributed by atoms with van der Waals surface area (Å²) in [7, 11) is 0. The van der Waals surface area contributed by atoms with Gasteiger partial charge in [-0.15, -0.1) is 0 Å². The molecule has 0 saturated carbocycles. The van der Waals surface area contributed by atoms with E-state index in [0.29, 0.717) is 66.1 Å². The van der Waals surface area contributed by atoms with E-state index in [-0.39, 0.29) is 0 Å². The fraction of sp³-hybridized carbons (Fsp3) is 0.769. The fourth-order valence-electron chi connectivity index (χ4n) is 3.59. The first kappa shape index (κ1) is 26.9. The Morgan fingerprint density at radius 3 is 1.56 bits per heavy atom. The van der Waals surface area contributed by atoms with E-state index < -0.39 is 0 Å². The Labute approximate surface area is 194 Å². The van der Waals surface area contributed by atoms with Gasteiger partial charge in [0.05, 0.1) is 52.9 Å². The zero-order valence-corrected chi connectivity index (χ0v) is 20.1. The molecule has 0 radical (unpaired) electrons. The summed E-state index contributed by atoms with van der Waals surface area (Å²) in [4.78, 5) is 0. The molecule has 1 aliphatic rings. The number of aryl methyl sites for hydroxylation is 1. The molecule has 0 aliphatic carbocycles. The van der Waals surface area contributed by atoms with Crippen molar-refractivity contribution in [2.45, 2.75) is 64.7 Å². The van der Waals surface area contributed by atoms with Crippen LogP contribution >= 0.6 is 0 Å². The third-order valence-electron chi connectivity index (χ3n) is 5.41. The van der Waals surface area contributed by atoms with Crippen molar-refractivity contribution in [3.05, 3.63) is 23.8 Å². The monoisotopic (exact) mass is 452 g/mol. The van der Waals surface area contributed by atoms with E-state index in [1.807, 2.05) is 6.07 Å². The number of ether oxygens (including phenoxy) is 6. The largest absolute Gasteiger partial charge is 0.487 e. The highest BCUT2D eigenvalue weighted by molar-refractivity contribution is 5.43. The maximum absolute atomic E-state index is 6.00. The van der Waals surface area contributed by atoms with E-state index in [1.165, 1.54) is 56.9 Å². The Morgan fingerprint density at radius 2 is 1.00 bits per heavy atom. The van der Waals surface area contributed by atoms with E-state index in [4.69, 9.17) is 28.4 Å². The van der Waals surface area contributed by atoms with Gasteiger partial charge in [-0.1, -0.05) is 57.9 Å². The quantitative estimate of drug-likeness (QED) is 0.480. The summed E-state index contributed by atoms with van der Waals surface area (Å²) >= 11 is 0. The van der Waals surface area contributed by atoms with E-state index >= 15 is 0 Å². The van der Waals surface area contributed by atoms with Crippen LogP contribution in [0.3, 0.4) is 0 Å². The molecule has 6 nitrogen and oxygen atoms in total. The summed E-state index contributed by atoms with van der Waals surface area (Å²) < 4.78 is 34.0. The summed E-state index contributed by atoms with van der Waals surface area (Å²) in [5.74, 6) is 1.54. The number of unbranched alkanes of at least 4 members (excludes halogenated alkanes) is 7. The highest BCUT2D eigenvalue weighted by Gasteiger charge is 2.08. The van der Waals surface area contributed by atoms with Crippen LogP contribution in [0.15, 0.2) is 18.2 Å². The van der Waals surface area contributed by atoms with Crippen molar-refractivity contribution in [2.75, 3.05) is 66.1 Å². The molecule has 1 heterocycles. The Balaban J connectivity index is 1.78. The van der Waals surface area contributed by atoms with E-state index in [2.05, 4.69) is 19.1 Å². The number of fused-ring (bicyclic) bond motifs is 1. The molecule has 1 aromatic carbocycles. The van der Waals surface area contributed by atoms with Crippen LogP contribution in [0.1, 0.15) is 63.9 Å². The molecule has 6 heteroatoms. The van der Waals surface area contributed by atoms with E-state index in [1.54, 1.807) is 0 Å². The fourth-order valence-corrected chi connectivity index (χ4v) is 3.59. The maximum Gasteiger partial charge on any atom is 0.161 e. The van der Waals surface area contributed by atoms with Crippen molar-refractivity contribution in [2.24, 2.45) is 0 Å². The van der Waals surface area contributed by atoms with Crippen molar-refractivity contribution < 1.29 is 28.4 Å². The second-order valence-corrected chi connectivity index (χ2v) is 8.15. The average Bonchev–Trinajstić information content (AvgIpc) is 2.81. The third kappa shape index (κ3) is 13.3. The molecule has 0 unspecified atom stereocenters. The minimum atomic E-state index is 0.480. The number of benzene rings is 1. The third-order valence-corrected chi connectivity index (χ3v) is 5.41. The molecule has 2 rings (SSSR count). The highest BCUT2D eigenvalue weighted by Crippen LogP contribution is 2.29. The average molecular weight is 453 g/mol. The minimum Gasteiger partial charge on any atom is -0.487 e. The Bertz CT molecular complexity index is 565. The second kappa shape index (κ2) is 19.2. The predicted octanol–water partition coefficient (Wildman–Crippen LogP) is 5.21. The lowest BCUT2D eigenvalue weighted by Gasteiger charge is -2.15. The summed E-state index contributed by atoms with van der Waals surface area (Å²) in [6.07, 6.45) is 11.7. The molecule has 184 valence electrons. The zero-order valence-electron chi connectivity index (χ0n) is 20.1. The summed E-state index contributed by atoms with van der Waals surface area (Å²) in [5.41, 5.74) is 1.29. The van der Waals surface area contributed by atoms with Crippen LogP contribution < -0.4 is 9.47 Å². The first-order valence-electron chi connectivity index (χ1n) is 12.6. The van der Waals surface area contributed by atoms with Crippen LogP contribution in [0.25, 0.3) is 0 Å². The van der Waals surface area contributed by atoms with Gasteiger partial charge in [-0.05, 0) is 30.5 Å². The molecule has 1 aliphatic heterocycles. The number of hydrogen-bond acceptors (Lipinski definition) is 6. The molecule has 0 saturated heterocycles. The van der Waals surface area contributed by atoms with Gasteiger partial charge in [0.2, 0.25) is 0 Å². The van der Waals surface area contributed by atoms with Crippen LogP contribution in [0.2, 0.25) is 0 Å². The minimum absolute atomic E-state index is 0.480. The van der Waals surface area contributed by atoms with Gasteiger partial charge >= 0.3 is 0 Å². The van der Waals surface area contributed by atoms with Gasteiger partial charge in [0.1, 0.15) is 13.2 Å². The van der Waals surface area contributed by atoms with Crippen molar-refractivity contribution in [1.82, 2.24) is 0 Å². The normalized spacial score (nSPS) is 17.4. The van der Waals surface area contributed by atoms with Gasteiger partial charge in [0.15, 0.2) is 11.5 Å². The molecule has 0 aromatic heterocycles. The molecular formula is C26H44O6. The predicted molar refractivity (Wildman–Crippen MR) is 127 cm³/mol. The van der Waals surface area contributed by atoms with Crippen molar-refractivity contribution in [1.29, 1.82) is 0 Å². The SMILES string of the molecule is CCCCCCCCCCc1ccc2c(c1)OCCOCCOCCOCCOCCO2. The molecule has 32 heavy (non-hydrogen) atoms. The van der Waals surface area contributed by atoms with Crippen molar-refractivity contribution in [3.8, 4) is 11.5 Å². The second-order valence-electron chi connectivity index (χ2n) is 8.15. The Morgan fingerprint density at radius 1 is 0.531 bits per heavy atom. The number of hydrogen-bond donors (Lipinski definition) is 0. The van der Waals surface area contributed by atoms with Crippen molar-refractivity contribution in [3.63, 3.8) is 0 Å². The molecular weight excluding hydrogens is 408 g/mol. The van der Waals surface area contributed by atoms with Gasteiger partial charge in [-0.3, -0.25) is 0 Å². The summed E-state index contributed by atoms with van der Waals surface area (Å²) in [5, 5.41) is 0. The summed E-state index contributed by atoms with van der Waals surface area (Å²) in [6, 6.07) is 6.29. The molecule has 1 aromatic rings. The lowest BCUT2D eigenvalue weighted by molar-refractivity contribution is -0.00842. The summed E-state index contributed by atoms with van der Waals surface area (Å²) in [6.45, 7) is 7.61. The van der Waals surface area contributed by atoms with Crippen LogP contribution in [-0.2, 0) is 25.4 Å². The van der Waals surface area contributed by atoms with Gasteiger partial charge in [-0.2, -0.15) is 0 Å². The molecule has 0 N–H and O–H groups in total. The van der Waals surface area contributed by atoms with Gasteiger partial charge in [-0.25, -0.2) is 0 Å². The van der Waals surface area contributed by atoms with E-state index in [9.17, 15) is 0 Å². The van der Waals surface area contributed by atoms with E-state index in [0.717, 1.165) is 17.9 Å². The molecule has 0 atom stereocenters. The smallest absolute Gasteiger partial charge is 0.161 e. The van der Waals surface area contributed by atoms with Gasteiger partial charge in [0.25, 0.3) is 0 Å². The maximum atomic E-state index is 6.00. The Kier molecular flexibility index (Phi) is 16.1. The van der Waals surface area contributed by atoms with Gasteiger partial charge in [0, 0.05) is 0 Å². The standard InChI is InChI=1S/C26H44O6/c1-2-3-4-5-6-7-8-9-10-24-11-12-25-26(23-24)32-22-20-30-18-16-28-14-13-27-15-17-29-19-21-31-25/h11-12,23H,2-10,13-22H2,1H3. The molecule has 0 fully saturated rings. The first-order valence-corrected chi connectivity index (χ1v) is 12.6.